The molecule has 0 saturated carbocycles. The molecule has 1 aromatic rings. The molecule has 0 unspecified atom stereocenters. The van der Waals surface area contributed by atoms with Crippen LogP contribution in [0.3, 0.4) is 0 Å². The number of piperazine rings is 1. The van der Waals surface area contributed by atoms with Gasteiger partial charge in [0.15, 0.2) is 0 Å². The van der Waals surface area contributed by atoms with Crippen molar-refractivity contribution in [3.63, 3.8) is 0 Å². The molecule has 0 aliphatic carbocycles. The largest absolute Gasteiger partial charge is 0.387 e. The molecular formula is C17H28N2O3S. The van der Waals surface area contributed by atoms with Crippen molar-refractivity contribution >= 4 is 9.84 Å². The van der Waals surface area contributed by atoms with E-state index in [-0.39, 0.29) is 5.75 Å². The first-order chi connectivity index (χ1) is 10.8. The van der Waals surface area contributed by atoms with Crippen LogP contribution in [0.15, 0.2) is 30.3 Å². The minimum atomic E-state index is -2.87. The highest BCUT2D eigenvalue weighted by Gasteiger charge is 2.25. The van der Waals surface area contributed by atoms with E-state index in [1.165, 1.54) is 6.26 Å². The monoisotopic (exact) mass is 340 g/mol. The number of benzene rings is 1. The molecule has 2 rings (SSSR count). The maximum Gasteiger partial charge on any atom is 0.147 e. The number of sulfone groups is 1. The Bertz CT molecular complexity index is 577. The molecule has 130 valence electrons. The molecule has 1 N–H and O–H groups in total. The van der Waals surface area contributed by atoms with Crippen LogP contribution in [0, 0.1) is 0 Å². The van der Waals surface area contributed by atoms with E-state index in [4.69, 9.17) is 0 Å². The topological polar surface area (TPSA) is 60.9 Å². The average Bonchev–Trinajstić information content (AvgIpc) is 2.49. The third kappa shape index (κ3) is 6.22. The molecule has 1 saturated heterocycles. The molecule has 0 spiro atoms. The summed E-state index contributed by atoms with van der Waals surface area (Å²) >= 11 is 0. The summed E-state index contributed by atoms with van der Waals surface area (Å²) in [5, 5.41) is 10.4. The molecule has 23 heavy (non-hydrogen) atoms. The molecule has 5 nitrogen and oxygen atoms in total. The van der Waals surface area contributed by atoms with Crippen molar-refractivity contribution in [1.29, 1.82) is 0 Å². The first-order valence-corrected chi connectivity index (χ1v) is 10.3. The molecule has 1 fully saturated rings. The minimum Gasteiger partial charge on any atom is -0.387 e. The molecule has 2 atom stereocenters. The molecular weight excluding hydrogens is 312 g/mol. The Kier molecular flexibility index (Phi) is 6.59. The lowest BCUT2D eigenvalue weighted by Gasteiger charge is -2.40. The highest BCUT2D eigenvalue weighted by Crippen LogP contribution is 2.17. The quantitative estimate of drug-likeness (QED) is 0.807. The lowest BCUT2D eigenvalue weighted by molar-refractivity contribution is 0.0390. The second-order valence-corrected chi connectivity index (χ2v) is 8.81. The van der Waals surface area contributed by atoms with Crippen LogP contribution in [0.25, 0.3) is 0 Å². The van der Waals surface area contributed by atoms with Crippen molar-refractivity contribution in [3.05, 3.63) is 35.9 Å². The Morgan fingerprint density at radius 2 is 1.96 bits per heavy atom. The molecule has 6 heteroatoms. The number of β-amino-alcohol motifs (C(OH)–C–C–N with tert-alkyl or cyclic N) is 1. The zero-order chi connectivity index (χ0) is 16.9. The molecule has 1 aromatic carbocycles. The normalized spacial score (nSPS) is 22.1. The van der Waals surface area contributed by atoms with Gasteiger partial charge in [0.05, 0.1) is 11.9 Å². The van der Waals surface area contributed by atoms with E-state index in [9.17, 15) is 13.5 Å². The van der Waals surface area contributed by atoms with Crippen LogP contribution in [-0.2, 0) is 9.84 Å². The van der Waals surface area contributed by atoms with E-state index in [1.54, 1.807) is 0 Å². The van der Waals surface area contributed by atoms with Gasteiger partial charge in [-0.3, -0.25) is 4.90 Å². The fourth-order valence-corrected chi connectivity index (χ4v) is 3.75. The van der Waals surface area contributed by atoms with E-state index in [0.29, 0.717) is 19.0 Å². The van der Waals surface area contributed by atoms with Crippen molar-refractivity contribution in [2.24, 2.45) is 0 Å². The first-order valence-electron chi connectivity index (χ1n) is 8.22. The summed E-state index contributed by atoms with van der Waals surface area (Å²) in [6.07, 6.45) is 1.52. The summed E-state index contributed by atoms with van der Waals surface area (Å²) in [6.45, 7) is 6.39. The Morgan fingerprint density at radius 3 is 2.57 bits per heavy atom. The van der Waals surface area contributed by atoms with Gasteiger partial charge in [0, 0.05) is 38.5 Å². The van der Waals surface area contributed by atoms with Gasteiger partial charge in [-0.2, -0.15) is 0 Å². The Hall–Kier alpha value is -0.950. The van der Waals surface area contributed by atoms with Crippen molar-refractivity contribution in [2.45, 2.75) is 25.5 Å². The minimum absolute atomic E-state index is 0.258. The third-order valence-corrected chi connectivity index (χ3v) is 5.46. The molecule has 0 bridgehead atoms. The number of aliphatic hydroxyl groups excluding tert-OH is 1. The van der Waals surface area contributed by atoms with Gasteiger partial charge in [-0.1, -0.05) is 30.3 Å². The van der Waals surface area contributed by atoms with Gasteiger partial charge in [0.25, 0.3) is 0 Å². The standard InChI is InChI=1S/C17H28N2O3S/c1-15-13-18(9-6-12-23(2,21)22)10-11-19(15)14-17(20)16-7-4-3-5-8-16/h3-5,7-8,15,17,20H,6,9-14H2,1-2H3/t15-,17+/m1/s1. The van der Waals surface area contributed by atoms with Crippen molar-refractivity contribution in [2.75, 3.05) is 44.7 Å². The number of hydrogen-bond acceptors (Lipinski definition) is 5. The third-order valence-electron chi connectivity index (χ3n) is 4.43. The number of hydrogen-bond donors (Lipinski definition) is 1. The number of rotatable bonds is 7. The second kappa shape index (κ2) is 8.24. The SMILES string of the molecule is C[C@@H]1CN(CCCS(C)(=O)=O)CCN1C[C@H](O)c1ccccc1. The summed E-state index contributed by atoms with van der Waals surface area (Å²) in [4.78, 5) is 4.63. The van der Waals surface area contributed by atoms with Crippen LogP contribution in [-0.4, -0.2) is 74.1 Å². The van der Waals surface area contributed by atoms with Crippen LogP contribution >= 0.6 is 0 Å². The Labute approximate surface area is 139 Å². The lowest BCUT2D eigenvalue weighted by Crippen LogP contribution is -2.53. The molecule has 0 radical (unpaired) electrons. The maximum absolute atomic E-state index is 11.2. The van der Waals surface area contributed by atoms with E-state index in [0.717, 1.165) is 31.7 Å². The van der Waals surface area contributed by atoms with E-state index >= 15 is 0 Å². The van der Waals surface area contributed by atoms with Crippen LogP contribution in [0.1, 0.15) is 25.0 Å². The maximum atomic E-state index is 11.2. The lowest BCUT2D eigenvalue weighted by atomic mass is 10.1. The fraction of sp³-hybridized carbons (Fsp3) is 0.647. The van der Waals surface area contributed by atoms with Gasteiger partial charge >= 0.3 is 0 Å². The van der Waals surface area contributed by atoms with E-state index in [1.807, 2.05) is 30.3 Å². The van der Waals surface area contributed by atoms with Crippen LogP contribution in [0.5, 0.6) is 0 Å². The summed E-state index contributed by atoms with van der Waals surface area (Å²) < 4.78 is 22.4. The van der Waals surface area contributed by atoms with Gasteiger partial charge in [-0.05, 0) is 25.5 Å². The highest BCUT2D eigenvalue weighted by atomic mass is 32.2. The van der Waals surface area contributed by atoms with Gasteiger partial charge in [0.2, 0.25) is 0 Å². The van der Waals surface area contributed by atoms with Gasteiger partial charge in [0.1, 0.15) is 9.84 Å². The average molecular weight is 340 g/mol. The predicted octanol–water partition coefficient (Wildman–Crippen LogP) is 1.16. The molecule has 1 aliphatic heterocycles. The van der Waals surface area contributed by atoms with Crippen molar-refractivity contribution in [3.8, 4) is 0 Å². The summed E-state index contributed by atoms with van der Waals surface area (Å²) in [5.74, 6) is 0.258. The Balaban J connectivity index is 1.78. The van der Waals surface area contributed by atoms with Crippen molar-refractivity contribution in [1.82, 2.24) is 9.80 Å². The van der Waals surface area contributed by atoms with Crippen LogP contribution in [0.2, 0.25) is 0 Å². The van der Waals surface area contributed by atoms with Crippen LogP contribution in [0.4, 0.5) is 0 Å². The molecule has 1 aliphatic rings. The molecule has 0 aromatic heterocycles. The van der Waals surface area contributed by atoms with Crippen LogP contribution < -0.4 is 0 Å². The van der Waals surface area contributed by atoms with Gasteiger partial charge < -0.3 is 10.0 Å². The summed E-state index contributed by atoms with van der Waals surface area (Å²) in [7, 11) is -2.87. The fourth-order valence-electron chi connectivity index (χ4n) is 3.10. The first kappa shape index (κ1) is 18.4. The molecule has 0 amide bonds. The summed E-state index contributed by atoms with van der Waals surface area (Å²) in [5.41, 5.74) is 0.954. The predicted molar refractivity (Wildman–Crippen MR) is 93.2 cm³/mol. The summed E-state index contributed by atoms with van der Waals surface area (Å²) in [6, 6.07) is 10.1. The highest BCUT2D eigenvalue weighted by molar-refractivity contribution is 7.90. The van der Waals surface area contributed by atoms with Crippen molar-refractivity contribution < 1.29 is 13.5 Å². The number of aliphatic hydroxyl groups is 1. The van der Waals surface area contributed by atoms with E-state index in [2.05, 4.69) is 16.7 Å². The number of nitrogens with zero attached hydrogens (tertiary/aromatic N) is 2. The van der Waals surface area contributed by atoms with Gasteiger partial charge in [-0.15, -0.1) is 0 Å². The second-order valence-electron chi connectivity index (χ2n) is 6.55. The molecule has 1 heterocycles. The smallest absolute Gasteiger partial charge is 0.147 e. The van der Waals surface area contributed by atoms with Gasteiger partial charge in [-0.25, -0.2) is 8.42 Å². The zero-order valence-electron chi connectivity index (χ0n) is 14.1. The zero-order valence-corrected chi connectivity index (χ0v) is 14.9. The Morgan fingerprint density at radius 1 is 1.26 bits per heavy atom. The van der Waals surface area contributed by atoms with E-state index < -0.39 is 15.9 Å².